The predicted octanol–water partition coefficient (Wildman–Crippen LogP) is 0.280. The van der Waals surface area contributed by atoms with Crippen molar-refractivity contribution in [3.8, 4) is 0 Å². The van der Waals surface area contributed by atoms with E-state index in [-0.39, 0.29) is 11.3 Å². The molecule has 0 aromatic heterocycles. The lowest BCUT2D eigenvalue weighted by molar-refractivity contribution is -0.130. The Balaban J connectivity index is 2.34. The third-order valence-electron chi connectivity index (χ3n) is 3.58. The van der Waals surface area contributed by atoms with Gasteiger partial charge in [-0.1, -0.05) is 13.3 Å². The molecule has 1 saturated heterocycles. The van der Waals surface area contributed by atoms with Gasteiger partial charge in [0.2, 0.25) is 5.91 Å². The molecule has 2 atom stereocenters. The first-order chi connectivity index (χ1) is 8.64. The van der Waals surface area contributed by atoms with Crippen molar-refractivity contribution in [2.75, 3.05) is 33.4 Å². The Hall–Kier alpha value is -0.650. The van der Waals surface area contributed by atoms with E-state index in [9.17, 15) is 9.90 Å². The number of nitrogens with one attached hydrogen (secondary N) is 2. The number of rotatable bonds is 8. The molecule has 1 fully saturated rings. The maximum atomic E-state index is 12.2. The highest BCUT2D eigenvalue weighted by Crippen LogP contribution is 2.31. The van der Waals surface area contributed by atoms with Crippen LogP contribution in [0, 0.1) is 5.41 Å². The van der Waals surface area contributed by atoms with Gasteiger partial charge in [0.05, 0.1) is 18.1 Å². The number of carbonyl (C=O) groups is 1. The lowest BCUT2D eigenvalue weighted by Crippen LogP contribution is -2.43. The third kappa shape index (κ3) is 4.23. The van der Waals surface area contributed by atoms with Gasteiger partial charge < -0.3 is 20.5 Å². The molecule has 3 N–H and O–H groups in total. The van der Waals surface area contributed by atoms with Crippen LogP contribution in [0.3, 0.4) is 0 Å². The quantitative estimate of drug-likeness (QED) is 0.585. The molecule has 106 valence electrons. The maximum Gasteiger partial charge on any atom is 0.227 e. The van der Waals surface area contributed by atoms with Gasteiger partial charge in [0.15, 0.2) is 0 Å². The number of carbonyl (C=O) groups excluding carboxylic acids is 1. The van der Waals surface area contributed by atoms with Crippen molar-refractivity contribution < 1.29 is 14.6 Å². The molecule has 1 rings (SSSR count). The first-order valence-corrected chi connectivity index (χ1v) is 6.80. The van der Waals surface area contributed by atoms with Gasteiger partial charge in [-0.25, -0.2) is 0 Å². The second-order valence-corrected chi connectivity index (χ2v) is 5.11. The summed E-state index contributed by atoms with van der Waals surface area (Å²) in [5.41, 5.74) is -0.235. The molecule has 1 heterocycles. The Bertz CT molecular complexity index is 253. The predicted molar refractivity (Wildman–Crippen MR) is 70.3 cm³/mol. The van der Waals surface area contributed by atoms with E-state index in [1.807, 2.05) is 0 Å². The van der Waals surface area contributed by atoms with Gasteiger partial charge in [0.25, 0.3) is 0 Å². The van der Waals surface area contributed by atoms with Crippen LogP contribution in [-0.4, -0.2) is 50.5 Å². The molecule has 2 unspecified atom stereocenters. The van der Waals surface area contributed by atoms with Crippen LogP contribution < -0.4 is 10.6 Å². The van der Waals surface area contributed by atoms with Crippen molar-refractivity contribution in [1.29, 1.82) is 0 Å². The summed E-state index contributed by atoms with van der Waals surface area (Å²) in [5, 5.41) is 15.7. The molecule has 0 aromatic rings. The fraction of sp³-hybridized carbons (Fsp3) is 0.923. The molecule has 5 nitrogen and oxygen atoms in total. The number of hydrogen-bond acceptors (Lipinski definition) is 4. The number of amides is 1. The fourth-order valence-corrected chi connectivity index (χ4v) is 2.56. The molecular weight excluding hydrogens is 232 g/mol. The smallest absolute Gasteiger partial charge is 0.227 e. The maximum absolute atomic E-state index is 12.2. The van der Waals surface area contributed by atoms with Crippen LogP contribution in [0.25, 0.3) is 0 Å². The molecule has 0 bridgehead atoms. The highest BCUT2D eigenvalue weighted by Gasteiger charge is 2.39. The highest BCUT2D eigenvalue weighted by molar-refractivity contribution is 5.83. The van der Waals surface area contributed by atoms with Crippen LogP contribution in [-0.2, 0) is 9.53 Å². The van der Waals surface area contributed by atoms with Crippen molar-refractivity contribution in [2.24, 2.45) is 5.41 Å². The summed E-state index contributed by atoms with van der Waals surface area (Å²) in [6, 6.07) is 0. The SMILES string of the molecule is CCCC1(C(=O)NCCC(O)COC)CCNC1. The van der Waals surface area contributed by atoms with E-state index in [4.69, 9.17) is 4.74 Å². The molecule has 0 saturated carbocycles. The average Bonchev–Trinajstić information content (AvgIpc) is 2.79. The zero-order valence-corrected chi connectivity index (χ0v) is 11.5. The molecule has 0 aliphatic carbocycles. The van der Waals surface area contributed by atoms with E-state index in [2.05, 4.69) is 17.6 Å². The van der Waals surface area contributed by atoms with E-state index in [1.165, 1.54) is 0 Å². The summed E-state index contributed by atoms with van der Waals surface area (Å²) in [6.45, 7) is 4.62. The van der Waals surface area contributed by atoms with E-state index in [0.29, 0.717) is 19.6 Å². The molecule has 1 aliphatic heterocycles. The van der Waals surface area contributed by atoms with E-state index in [0.717, 1.165) is 32.4 Å². The van der Waals surface area contributed by atoms with Crippen LogP contribution in [0.2, 0.25) is 0 Å². The Morgan fingerprint density at radius 1 is 1.61 bits per heavy atom. The van der Waals surface area contributed by atoms with Crippen LogP contribution in [0.4, 0.5) is 0 Å². The summed E-state index contributed by atoms with van der Waals surface area (Å²) < 4.78 is 4.85. The van der Waals surface area contributed by atoms with Crippen molar-refractivity contribution >= 4 is 5.91 Å². The average molecular weight is 258 g/mol. The molecule has 18 heavy (non-hydrogen) atoms. The first kappa shape index (κ1) is 15.4. The van der Waals surface area contributed by atoms with Gasteiger partial charge in [-0.05, 0) is 25.8 Å². The van der Waals surface area contributed by atoms with Crippen LogP contribution >= 0.6 is 0 Å². The number of ether oxygens (including phenoxy) is 1. The lowest BCUT2D eigenvalue weighted by atomic mass is 9.81. The fourth-order valence-electron chi connectivity index (χ4n) is 2.56. The molecule has 0 aromatic carbocycles. The largest absolute Gasteiger partial charge is 0.391 e. The zero-order valence-electron chi connectivity index (χ0n) is 11.5. The lowest BCUT2D eigenvalue weighted by Gasteiger charge is -2.26. The summed E-state index contributed by atoms with van der Waals surface area (Å²) in [5.74, 6) is 0.124. The van der Waals surface area contributed by atoms with Crippen molar-refractivity contribution in [1.82, 2.24) is 10.6 Å². The van der Waals surface area contributed by atoms with Gasteiger partial charge in [0.1, 0.15) is 0 Å². The van der Waals surface area contributed by atoms with E-state index in [1.54, 1.807) is 7.11 Å². The Morgan fingerprint density at radius 2 is 2.39 bits per heavy atom. The monoisotopic (exact) mass is 258 g/mol. The summed E-state index contributed by atoms with van der Waals surface area (Å²) in [7, 11) is 1.56. The van der Waals surface area contributed by atoms with Crippen LogP contribution in [0.1, 0.15) is 32.6 Å². The van der Waals surface area contributed by atoms with Crippen molar-refractivity contribution in [3.05, 3.63) is 0 Å². The van der Waals surface area contributed by atoms with Crippen molar-refractivity contribution in [3.63, 3.8) is 0 Å². The van der Waals surface area contributed by atoms with E-state index >= 15 is 0 Å². The molecule has 0 spiro atoms. The molecule has 0 radical (unpaired) electrons. The van der Waals surface area contributed by atoms with E-state index < -0.39 is 6.10 Å². The van der Waals surface area contributed by atoms with Gasteiger partial charge in [-0.2, -0.15) is 0 Å². The summed E-state index contributed by atoms with van der Waals surface area (Å²) >= 11 is 0. The first-order valence-electron chi connectivity index (χ1n) is 6.80. The summed E-state index contributed by atoms with van der Waals surface area (Å²) in [4.78, 5) is 12.2. The molecular formula is C13H26N2O3. The van der Waals surface area contributed by atoms with Gasteiger partial charge in [0, 0.05) is 20.2 Å². The van der Waals surface area contributed by atoms with Gasteiger partial charge in [-0.3, -0.25) is 4.79 Å². The number of methoxy groups -OCH3 is 1. The van der Waals surface area contributed by atoms with Crippen molar-refractivity contribution in [2.45, 2.75) is 38.7 Å². The third-order valence-corrected chi connectivity index (χ3v) is 3.58. The Morgan fingerprint density at radius 3 is 2.94 bits per heavy atom. The molecule has 5 heteroatoms. The standard InChI is InChI=1S/C13H26N2O3/c1-3-5-13(6-8-14-10-13)12(17)15-7-4-11(16)9-18-2/h11,14,16H,3-10H2,1-2H3,(H,15,17). The zero-order chi connectivity index (χ0) is 13.4. The van der Waals surface area contributed by atoms with Gasteiger partial charge >= 0.3 is 0 Å². The Kier molecular flexibility index (Phi) is 6.60. The minimum absolute atomic E-state index is 0.124. The van der Waals surface area contributed by atoms with Crippen LogP contribution in [0.15, 0.2) is 0 Å². The number of aliphatic hydroxyl groups is 1. The number of aliphatic hydroxyl groups excluding tert-OH is 1. The number of hydrogen-bond donors (Lipinski definition) is 3. The molecule has 1 aliphatic rings. The second-order valence-electron chi connectivity index (χ2n) is 5.11. The minimum atomic E-state index is -0.501. The normalized spacial score (nSPS) is 25.1. The topological polar surface area (TPSA) is 70.6 Å². The Labute approximate surface area is 109 Å². The minimum Gasteiger partial charge on any atom is -0.391 e. The highest BCUT2D eigenvalue weighted by atomic mass is 16.5. The second kappa shape index (κ2) is 7.71. The van der Waals surface area contributed by atoms with Gasteiger partial charge in [-0.15, -0.1) is 0 Å². The molecule has 1 amide bonds. The summed E-state index contributed by atoms with van der Waals surface area (Å²) in [6.07, 6.45) is 2.88. The van der Waals surface area contributed by atoms with Crippen LogP contribution in [0.5, 0.6) is 0 Å².